The Morgan fingerprint density at radius 1 is 1.14 bits per heavy atom. The van der Waals surface area contributed by atoms with Crippen molar-refractivity contribution in [3.05, 3.63) is 97.1 Å². The van der Waals surface area contributed by atoms with Crippen LogP contribution in [0.1, 0.15) is 18.4 Å². The van der Waals surface area contributed by atoms with E-state index in [9.17, 15) is 24.5 Å². The van der Waals surface area contributed by atoms with Gasteiger partial charge in [0.1, 0.15) is 11.6 Å². The molecule has 0 bridgehead atoms. The van der Waals surface area contributed by atoms with Crippen molar-refractivity contribution in [2.45, 2.75) is 18.5 Å². The lowest BCUT2D eigenvalue weighted by molar-refractivity contribution is -0.384. The average Bonchev–Trinajstić information content (AvgIpc) is 3.25. The fourth-order valence-corrected chi connectivity index (χ4v) is 4.21. The molecule has 0 saturated heterocycles. The molecule has 4 rings (SSSR count). The van der Waals surface area contributed by atoms with Gasteiger partial charge in [0.25, 0.3) is 11.2 Å². The van der Waals surface area contributed by atoms with Gasteiger partial charge in [-0.3, -0.25) is 29.3 Å². The molecule has 190 valence electrons. The zero-order chi connectivity index (χ0) is 26.4. The lowest BCUT2D eigenvalue weighted by Gasteiger charge is -2.11. The molecule has 0 atom stereocenters. The minimum absolute atomic E-state index is 0.0559. The van der Waals surface area contributed by atoms with Gasteiger partial charge in [-0.25, -0.2) is 4.79 Å². The number of non-ortho nitro benzene ring substituents is 1. The number of nitro groups is 1. The van der Waals surface area contributed by atoms with Crippen LogP contribution in [0.25, 0.3) is 5.69 Å². The van der Waals surface area contributed by atoms with Crippen LogP contribution in [0.3, 0.4) is 0 Å². The first kappa shape index (κ1) is 25.4. The van der Waals surface area contributed by atoms with Crippen molar-refractivity contribution in [3.8, 4) is 11.4 Å². The highest BCUT2D eigenvalue weighted by Crippen LogP contribution is 2.25. The first-order chi connectivity index (χ1) is 17.8. The number of thioether (sulfide) groups is 1. The molecule has 14 heteroatoms. The quantitative estimate of drug-likeness (QED) is 0.160. The highest BCUT2D eigenvalue weighted by molar-refractivity contribution is 7.99. The van der Waals surface area contributed by atoms with E-state index in [1.165, 1.54) is 24.3 Å². The number of carbonyl (C=O) groups is 1. The molecule has 0 saturated carbocycles. The fraction of sp³-hybridized carbons (Fsp3) is 0.174. The molecular formula is C23H21N7O6S. The van der Waals surface area contributed by atoms with Crippen LogP contribution < -0.4 is 21.3 Å². The number of ether oxygens (including phenoxy) is 1. The highest BCUT2D eigenvalue weighted by Gasteiger charge is 2.18. The average molecular weight is 524 g/mol. The van der Waals surface area contributed by atoms with Crippen LogP contribution in [-0.4, -0.2) is 47.9 Å². The second-order valence-corrected chi connectivity index (χ2v) is 8.54. The molecule has 3 N–H and O–H groups in total. The largest absolute Gasteiger partial charge is 0.494 e. The summed E-state index contributed by atoms with van der Waals surface area (Å²) >= 11 is 1.10. The van der Waals surface area contributed by atoms with Crippen molar-refractivity contribution >= 4 is 29.0 Å². The maximum atomic E-state index is 12.6. The summed E-state index contributed by atoms with van der Waals surface area (Å²) in [6.07, 6.45) is 0.0970. The number of nitro benzene ring substituents is 1. The number of rotatable bonds is 10. The zero-order valence-corrected chi connectivity index (χ0v) is 20.3. The SMILES string of the molecule is CCOc1ccc(-n2c(Cc3cc(=O)[nH]c(=O)[nH]3)nnc2SCC(=O)Nc2cccc([N+](=O)[O-])c2)cc1. The maximum absolute atomic E-state index is 12.6. The van der Waals surface area contributed by atoms with Gasteiger partial charge >= 0.3 is 5.69 Å². The standard InChI is InChI=1S/C23H21N7O6S/c1-2-36-18-8-6-16(7-9-18)29-19(11-15-12-20(31)26-22(33)25-15)27-28-23(29)37-13-21(32)24-14-4-3-5-17(10-14)30(34)35/h3-10,12H,2,11,13H2,1H3,(H,24,32)(H2,25,26,31,33). The van der Waals surface area contributed by atoms with Gasteiger partial charge in [-0.15, -0.1) is 10.2 Å². The molecule has 0 aliphatic rings. The predicted molar refractivity (Wildman–Crippen MR) is 135 cm³/mol. The third-order valence-corrected chi connectivity index (χ3v) is 5.87. The molecule has 0 aliphatic heterocycles. The third kappa shape index (κ3) is 6.49. The van der Waals surface area contributed by atoms with Gasteiger partial charge in [0.15, 0.2) is 5.16 Å². The summed E-state index contributed by atoms with van der Waals surface area (Å²) in [6.45, 7) is 2.38. The van der Waals surface area contributed by atoms with Crippen molar-refractivity contribution in [1.82, 2.24) is 24.7 Å². The number of hydrogen-bond donors (Lipinski definition) is 3. The minimum Gasteiger partial charge on any atom is -0.494 e. The van der Waals surface area contributed by atoms with Crippen LogP contribution in [0.2, 0.25) is 0 Å². The molecule has 2 heterocycles. The Balaban J connectivity index is 1.58. The first-order valence-electron chi connectivity index (χ1n) is 11.0. The second-order valence-electron chi connectivity index (χ2n) is 7.60. The van der Waals surface area contributed by atoms with Gasteiger partial charge < -0.3 is 15.0 Å². The Morgan fingerprint density at radius 2 is 1.92 bits per heavy atom. The molecule has 0 fully saturated rings. The van der Waals surface area contributed by atoms with E-state index in [0.717, 1.165) is 11.8 Å². The molecule has 37 heavy (non-hydrogen) atoms. The number of H-pyrrole nitrogens is 2. The number of benzene rings is 2. The molecule has 0 radical (unpaired) electrons. The van der Waals surface area contributed by atoms with Crippen LogP contribution in [0.15, 0.2) is 69.3 Å². The summed E-state index contributed by atoms with van der Waals surface area (Å²) in [5.74, 6) is 0.643. The van der Waals surface area contributed by atoms with Crippen LogP contribution in [0.4, 0.5) is 11.4 Å². The van der Waals surface area contributed by atoms with Gasteiger partial charge in [0.2, 0.25) is 5.91 Å². The van der Waals surface area contributed by atoms with E-state index < -0.39 is 22.1 Å². The molecule has 2 aromatic carbocycles. The molecule has 4 aromatic rings. The summed E-state index contributed by atoms with van der Waals surface area (Å²) in [6, 6.07) is 14.1. The van der Waals surface area contributed by atoms with E-state index in [2.05, 4.69) is 25.5 Å². The van der Waals surface area contributed by atoms with Crippen molar-refractivity contribution in [2.24, 2.45) is 0 Å². The van der Waals surface area contributed by atoms with Gasteiger partial charge in [-0.2, -0.15) is 0 Å². The smallest absolute Gasteiger partial charge is 0.325 e. The lowest BCUT2D eigenvalue weighted by atomic mass is 10.2. The Labute approximate surface area is 213 Å². The maximum Gasteiger partial charge on any atom is 0.325 e. The van der Waals surface area contributed by atoms with Gasteiger partial charge in [-0.05, 0) is 37.3 Å². The van der Waals surface area contributed by atoms with Gasteiger partial charge in [0, 0.05) is 41.7 Å². The number of hydrogen-bond acceptors (Lipinski definition) is 9. The van der Waals surface area contributed by atoms with Crippen LogP contribution in [0, 0.1) is 10.1 Å². The predicted octanol–water partition coefficient (Wildman–Crippen LogP) is 2.27. The Morgan fingerprint density at radius 3 is 2.62 bits per heavy atom. The monoisotopic (exact) mass is 523 g/mol. The van der Waals surface area contributed by atoms with Gasteiger partial charge in [0.05, 0.1) is 17.3 Å². The van der Waals surface area contributed by atoms with E-state index >= 15 is 0 Å². The van der Waals surface area contributed by atoms with Crippen molar-refractivity contribution < 1.29 is 14.5 Å². The lowest BCUT2D eigenvalue weighted by Crippen LogP contribution is -2.23. The fourth-order valence-electron chi connectivity index (χ4n) is 3.44. The number of amides is 1. The van der Waals surface area contributed by atoms with E-state index in [-0.39, 0.29) is 17.9 Å². The molecule has 0 aliphatic carbocycles. The Hall–Kier alpha value is -4.72. The van der Waals surface area contributed by atoms with Crippen molar-refractivity contribution in [2.75, 3.05) is 17.7 Å². The van der Waals surface area contributed by atoms with E-state index in [0.29, 0.717) is 40.4 Å². The number of carbonyl (C=O) groups excluding carboxylic acids is 1. The second kappa shape index (κ2) is 11.3. The summed E-state index contributed by atoms with van der Waals surface area (Å²) in [7, 11) is 0. The highest BCUT2D eigenvalue weighted by atomic mass is 32.2. The topological polar surface area (TPSA) is 178 Å². The summed E-state index contributed by atoms with van der Waals surface area (Å²) in [5.41, 5.74) is 0.000682. The number of nitrogens with zero attached hydrogens (tertiary/aromatic N) is 4. The van der Waals surface area contributed by atoms with Crippen molar-refractivity contribution in [3.63, 3.8) is 0 Å². The minimum atomic E-state index is -0.637. The van der Waals surface area contributed by atoms with Crippen LogP contribution >= 0.6 is 11.8 Å². The van der Waals surface area contributed by atoms with Crippen LogP contribution in [-0.2, 0) is 11.2 Å². The number of aromatic amines is 2. The molecule has 1 amide bonds. The molecule has 0 unspecified atom stereocenters. The van der Waals surface area contributed by atoms with Crippen LogP contribution in [0.5, 0.6) is 5.75 Å². The number of anilines is 1. The van der Waals surface area contributed by atoms with E-state index in [1.54, 1.807) is 34.9 Å². The van der Waals surface area contributed by atoms with Gasteiger partial charge in [-0.1, -0.05) is 17.8 Å². The normalized spacial score (nSPS) is 10.7. The summed E-state index contributed by atoms with van der Waals surface area (Å²) < 4.78 is 7.21. The van der Waals surface area contributed by atoms with Crippen molar-refractivity contribution in [1.29, 1.82) is 0 Å². The number of nitrogens with one attached hydrogen (secondary N) is 3. The third-order valence-electron chi connectivity index (χ3n) is 4.94. The molecule has 13 nitrogen and oxygen atoms in total. The zero-order valence-electron chi connectivity index (χ0n) is 19.5. The summed E-state index contributed by atoms with van der Waals surface area (Å²) in [4.78, 5) is 51.1. The molecule has 0 spiro atoms. The Bertz CT molecular complexity index is 1520. The van der Waals surface area contributed by atoms with E-state index in [4.69, 9.17) is 4.74 Å². The molecular weight excluding hydrogens is 502 g/mol. The Kier molecular flexibility index (Phi) is 7.78. The first-order valence-corrected chi connectivity index (χ1v) is 12.0. The summed E-state index contributed by atoms with van der Waals surface area (Å²) in [5, 5.41) is 22.4. The van der Waals surface area contributed by atoms with E-state index in [1.807, 2.05) is 6.92 Å². The number of aromatic nitrogens is 5. The molecule has 2 aromatic heterocycles.